The Bertz CT molecular complexity index is 1300. The summed E-state index contributed by atoms with van der Waals surface area (Å²) in [4.78, 5) is 25.1. The Morgan fingerprint density at radius 2 is 1.80 bits per heavy atom. The molecule has 1 N–H and O–H groups in total. The number of nitriles is 1. The average molecular weight is 470 g/mol. The third-order valence-electron chi connectivity index (χ3n) is 5.14. The van der Waals surface area contributed by atoms with Crippen LogP contribution in [0.15, 0.2) is 78.4 Å². The Hall–Kier alpha value is -4.77. The second-order valence-electron chi connectivity index (χ2n) is 7.53. The van der Waals surface area contributed by atoms with E-state index in [0.717, 1.165) is 5.56 Å². The molecular weight excluding hydrogens is 448 g/mol. The quantitative estimate of drug-likeness (QED) is 0.243. The summed E-state index contributed by atoms with van der Waals surface area (Å²) >= 11 is 0. The predicted octanol–water partition coefficient (Wildman–Crippen LogP) is 3.66. The number of ether oxygens (including phenoxy) is 4. The van der Waals surface area contributed by atoms with E-state index in [9.17, 15) is 14.9 Å². The van der Waals surface area contributed by atoms with Crippen LogP contribution < -0.4 is 24.3 Å². The molecular formula is C27H22N2O6. The molecule has 0 fully saturated rings. The fraction of sp³-hybridized carbons (Fsp3) is 0.148. The van der Waals surface area contributed by atoms with Crippen LogP contribution in [-0.4, -0.2) is 31.7 Å². The number of nitrogens with zero attached hydrogens (tertiary/aromatic N) is 1. The van der Waals surface area contributed by atoms with Crippen LogP contribution >= 0.6 is 0 Å². The molecule has 1 aliphatic heterocycles. The number of nitrogens with one attached hydrogen (secondary N) is 1. The molecule has 0 bridgehead atoms. The Balaban J connectivity index is 1.43. The lowest BCUT2D eigenvalue weighted by Gasteiger charge is -2.25. The Morgan fingerprint density at radius 1 is 1.06 bits per heavy atom. The van der Waals surface area contributed by atoms with Crippen molar-refractivity contribution in [2.24, 2.45) is 0 Å². The molecule has 1 atom stereocenters. The van der Waals surface area contributed by atoms with Gasteiger partial charge in [0.15, 0.2) is 23.0 Å². The number of amides is 1. The van der Waals surface area contributed by atoms with E-state index in [2.05, 4.69) is 5.32 Å². The largest absolute Gasteiger partial charge is 0.493 e. The lowest BCUT2D eigenvalue weighted by molar-refractivity contribution is -0.144. The molecule has 0 radical (unpaired) electrons. The second kappa shape index (κ2) is 10.9. The Morgan fingerprint density at radius 3 is 2.54 bits per heavy atom. The maximum absolute atomic E-state index is 12.6. The third-order valence-corrected chi connectivity index (χ3v) is 5.14. The fourth-order valence-electron chi connectivity index (χ4n) is 3.36. The van der Waals surface area contributed by atoms with E-state index in [-0.39, 0.29) is 23.7 Å². The molecule has 8 nitrogen and oxygen atoms in total. The molecule has 1 heterocycles. The average Bonchev–Trinajstić information content (AvgIpc) is 2.91. The first-order valence-electron chi connectivity index (χ1n) is 10.8. The number of carbonyl (C=O) groups excluding carboxylic acids is 2. The number of rotatable bonds is 7. The highest BCUT2D eigenvalue weighted by molar-refractivity contribution is 6.01. The number of hydrogen-bond acceptors (Lipinski definition) is 7. The van der Waals surface area contributed by atoms with Gasteiger partial charge in [0, 0.05) is 6.54 Å². The minimum absolute atomic E-state index is 0.0165. The minimum atomic E-state index is -0.937. The summed E-state index contributed by atoms with van der Waals surface area (Å²) in [6, 6.07) is 23.1. The predicted molar refractivity (Wildman–Crippen MR) is 127 cm³/mol. The standard InChI is InChI=1S/C27H22N2O6/c1-32-24-14-19(13-20(15-28)26(30)29-16-18-7-3-2-4-8-18)11-12-23(24)35-27(31)25-17-33-21-9-5-6-10-22(21)34-25/h2-14,25H,16-17H2,1H3,(H,29,30)/b20-13+. The SMILES string of the molecule is COc1cc(/C=C(\C#N)C(=O)NCc2ccccc2)ccc1OC(=O)C1COc2ccccc2O1. The Kier molecular flexibility index (Phi) is 7.28. The zero-order valence-electron chi connectivity index (χ0n) is 18.9. The highest BCUT2D eigenvalue weighted by Crippen LogP contribution is 2.33. The third kappa shape index (κ3) is 5.78. The van der Waals surface area contributed by atoms with Gasteiger partial charge >= 0.3 is 5.97 Å². The van der Waals surface area contributed by atoms with Crippen molar-refractivity contribution in [3.63, 3.8) is 0 Å². The van der Waals surface area contributed by atoms with Crippen molar-refractivity contribution in [1.82, 2.24) is 5.32 Å². The van der Waals surface area contributed by atoms with Gasteiger partial charge in [-0.15, -0.1) is 0 Å². The van der Waals surface area contributed by atoms with Gasteiger partial charge in [0.2, 0.25) is 6.10 Å². The van der Waals surface area contributed by atoms with Gasteiger partial charge in [-0.05, 0) is 41.5 Å². The molecule has 0 spiro atoms. The van der Waals surface area contributed by atoms with E-state index in [1.54, 1.807) is 30.3 Å². The van der Waals surface area contributed by atoms with Crippen LogP contribution in [0.1, 0.15) is 11.1 Å². The molecule has 176 valence electrons. The fourth-order valence-corrected chi connectivity index (χ4v) is 3.36. The monoisotopic (exact) mass is 470 g/mol. The molecule has 0 aliphatic carbocycles. The topological polar surface area (TPSA) is 107 Å². The van der Waals surface area contributed by atoms with Gasteiger partial charge in [0.1, 0.15) is 18.2 Å². The summed E-state index contributed by atoms with van der Waals surface area (Å²) in [6.07, 6.45) is 0.497. The number of esters is 1. The van der Waals surface area contributed by atoms with Gasteiger partial charge in [-0.3, -0.25) is 4.79 Å². The van der Waals surface area contributed by atoms with Crippen LogP contribution in [0.3, 0.4) is 0 Å². The van der Waals surface area contributed by atoms with Crippen molar-refractivity contribution in [3.05, 3.63) is 89.5 Å². The van der Waals surface area contributed by atoms with Crippen molar-refractivity contribution in [1.29, 1.82) is 5.26 Å². The van der Waals surface area contributed by atoms with Crippen molar-refractivity contribution in [2.45, 2.75) is 12.6 Å². The first-order valence-corrected chi connectivity index (χ1v) is 10.8. The normalized spacial score (nSPS) is 14.4. The van der Waals surface area contributed by atoms with Gasteiger partial charge in [-0.1, -0.05) is 48.5 Å². The van der Waals surface area contributed by atoms with E-state index in [1.165, 1.54) is 19.3 Å². The summed E-state index contributed by atoms with van der Waals surface area (Å²) < 4.78 is 22.1. The lowest BCUT2D eigenvalue weighted by atomic mass is 10.1. The van der Waals surface area contributed by atoms with Crippen LogP contribution in [-0.2, 0) is 16.1 Å². The number of hydrogen-bond donors (Lipinski definition) is 1. The highest BCUT2D eigenvalue weighted by Gasteiger charge is 2.29. The minimum Gasteiger partial charge on any atom is -0.493 e. The lowest BCUT2D eigenvalue weighted by Crippen LogP contribution is -2.39. The van der Waals surface area contributed by atoms with Gasteiger partial charge in [0.05, 0.1) is 7.11 Å². The van der Waals surface area contributed by atoms with Crippen LogP contribution in [0.4, 0.5) is 0 Å². The van der Waals surface area contributed by atoms with E-state index >= 15 is 0 Å². The van der Waals surface area contributed by atoms with Gasteiger partial charge in [-0.2, -0.15) is 5.26 Å². The molecule has 4 rings (SSSR count). The number of methoxy groups -OCH3 is 1. The molecule has 0 aromatic heterocycles. The molecule has 3 aromatic rings. The summed E-state index contributed by atoms with van der Waals surface area (Å²) in [5.74, 6) is 0.309. The van der Waals surface area contributed by atoms with E-state index in [4.69, 9.17) is 18.9 Å². The molecule has 35 heavy (non-hydrogen) atoms. The number of fused-ring (bicyclic) bond motifs is 1. The van der Waals surface area contributed by atoms with E-state index in [1.807, 2.05) is 42.5 Å². The number of carbonyl (C=O) groups is 2. The summed E-state index contributed by atoms with van der Waals surface area (Å²) in [6.45, 7) is 0.316. The second-order valence-corrected chi connectivity index (χ2v) is 7.53. The summed E-state index contributed by atoms with van der Waals surface area (Å²) in [5, 5.41) is 12.2. The van der Waals surface area contributed by atoms with Crippen LogP contribution in [0.2, 0.25) is 0 Å². The molecule has 0 saturated carbocycles. The molecule has 0 saturated heterocycles. The molecule has 1 unspecified atom stereocenters. The van der Waals surface area contributed by atoms with E-state index in [0.29, 0.717) is 23.6 Å². The zero-order valence-corrected chi connectivity index (χ0v) is 18.9. The van der Waals surface area contributed by atoms with Crippen molar-refractivity contribution >= 4 is 18.0 Å². The van der Waals surface area contributed by atoms with Crippen LogP contribution in [0.5, 0.6) is 23.0 Å². The molecule has 1 amide bonds. The smallest absolute Gasteiger partial charge is 0.356 e. The summed E-state index contributed by atoms with van der Waals surface area (Å²) in [7, 11) is 1.43. The maximum atomic E-state index is 12.6. The van der Waals surface area contributed by atoms with E-state index < -0.39 is 18.0 Å². The summed E-state index contributed by atoms with van der Waals surface area (Å²) in [5.41, 5.74) is 1.38. The van der Waals surface area contributed by atoms with Crippen molar-refractivity contribution in [2.75, 3.05) is 13.7 Å². The number of para-hydroxylation sites is 2. The van der Waals surface area contributed by atoms with Crippen molar-refractivity contribution in [3.8, 4) is 29.1 Å². The van der Waals surface area contributed by atoms with Crippen LogP contribution in [0, 0.1) is 11.3 Å². The van der Waals surface area contributed by atoms with Crippen molar-refractivity contribution < 1.29 is 28.5 Å². The zero-order chi connectivity index (χ0) is 24.6. The maximum Gasteiger partial charge on any atom is 0.356 e. The molecule has 1 aliphatic rings. The number of benzene rings is 3. The molecule has 8 heteroatoms. The van der Waals surface area contributed by atoms with Gasteiger partial charge in [-0.25, -0.2) is 4.79 Å². The van der Waals surface area contributed by atoms with Gasteiger partial charge < -0.3 is 24.3 Å². The van der Waals surface area contributed by atoms with Gasteiger partial charge in [0.25, 0.3) is 5.91 Å². The first-order chi connectivity index (χ1) is 17.1. The molecule has 3 aromatic carbocycles. The highest BCUT2D eigenvalue weighted by atomic mass is 16.6. The first kappa shape index (κ1) is 23.4. The van der Waals surface area contributed by atoms with Crippen LogP contribution in [0.25, 0.3) is 6.08 Å². The Labute approximate surface area is 202 Å².